The van der Waals surface area contributed by atoms with Crippen molar-refractivity contribution in [3.63, 3.8) is 0 Å². The number of likely N-dealkylation sites (tertiary alicyclic amines) is 1. The highest BCUT2D eigenvalue weighted by Crippen LogP contribution is 2.56. The van der Waals surface area contributed by atoms with Crippen molar-refractivity contribution in [3.8, 4) is 0 Å². The largest absolute Gasteiger partial charge is 0.300 e. The van der Waals surface area contributed by atoms with Gasteiger partial charge in [0.1, 0.15) is 0 Å². The topological polar surface area (TPSA) is 34.0 Å². The molecule has 98 valence electrons. The minimum absolute atomic E-state index is 0.113. The number of piperidine rings is 1. The first-order chi connectivity index (χ1) is 8.54. The quantitative estimate of drug-likeness (QED) is 0.798. The van der Waals surface area contributed by atoms with Gasteiger partial charge < -0.3 is 0 Å². The molecule has 0 spiro atoms. The summed E-state index contributed by atoms with van der Waals surface area (Å²) in [4.78, 5) is 2.69. The van der Waals surface area contributed by atoms with E-state index >= 15 is 0 Å². The third kappa shape index (κ3) is 1.62. The molecule has 2 heterocycles. The summed E-state index contributed by atoms with van der Waals surface area (Å²) in [6, 6.07) is 1.57. The summed E-state index contributed by atoms with van der Waals surface area (Å²) in [5.74, 6) is 1.69. The maximum absolute atomic E-state index is 4.36. The Balaban J connectivity index is 1.46. The van der Waals surface area contributed by atoms with Crippen molar-refractivity contribution in [2.24, 2.45) is 11.8 Å². The van der Waals surface area contributed by atoms with Crippen molar-refractivity contribution < 1.29 is 0 Å². The smallest absolute Gasteiger partial charge is 0.0880 e. The van der Waals surface area contributed by atoms with Crippen LogP contribution in [0.4, 0.5) is 0 Å². The summed E-state index contributed by atoms with van der Waals surface area (Å²) in [6.45, 7) is 9.19. The summed E-state index contributed by atoms with van der Waals surface area (Å²) in [5, 5.41) is 8.70. The van der Waals surface area contributed by atoms with Gasteiger partial charge in [-0.1, -0.05) is 26.0 Å². The molecule has 0 N–H and O–H groups in total. The lowest BCUT2D eigenvalue weighted by Crippen LogP contribution is -2.27. The fraction of sp³-hybridized carbons (Fsp3) is 0.857. The van der Waals surface area contributed by atoms with Crippen molar-refractivity contribution in [1.82, 2.24) is 19.9 Å². The highest BCUT2D eigenvalue weighted by molar-refractivity contribution is 5.14. The maximum Gasteiger partial charge on any atom is 0.0880 e. The molecule has 4 rings (SSSR count). The number of aromatic nitrogens is 3. The Labute approximate surface area is 108 Å². The van der Waals surface area contributed by atoms with Crippen molar-refractivity contribution in [3.05, 3.63) is 11.9 Å². The molecule has 0 bridgehead atoms. The highest BCUT2D eigenvalue weighted by Gasteiger charge is 2.59. The predicted molar refractivity (Wildman–Crippen MR) is 69.3 cm³/mol. The van der Waals surface area contributed by atoms with Gasteiger partial charge in [-0.05, 0) is 12.8 Å². The van der Waals surface area contributed by atoms with E-state index in [1.54, 1.807) is 0 Å². The lowest BCUT2D eigenvalue weighted by Gasteiger charge is -2.18. The zero-order valence-corrected chi connectivity index (χ0v) is 11.5. The van der Waals surface area contributed by atoms with E-state index in [0.717, 1.165) is 23.6 Å². The molecule has 4 nitrogen and oxygen atoms in total. The molecule has 1 aromatic heterocycles. The third-order valence-electron chi connectivity index (χ3n) is 4.82. The number of rotatable bonds is 2. The molecule has 3 fully saturated rings. The van der Waals surface area contributed by atoms with E-state index in [1.165, 1.54) is 25.9 Å². The SMILES string of the molecule is CC(C)(C)c1cn(C2[C@H]3CN(C4CC4)C[C@@H]23)nn1. The van der Waals surface area contributed by atoms with Gasteiger partial charge in [0.05, 0.1) is 11.7 Å². The summed E-state index contributed by atoms with van der Waals surface area (Å²) in [5.41, 5.74) is 1.23. The Bertz CT molecular complexity index is 456. The van der Waals surface area contributed by atoms with Gasteiger partial charge in [0.25, 0.3) is 0 Å². The third-order valence-corrected chi connectivity index (χ3v) is 4.82. The molecule has 2 saturated carbocycles. The molecule has 0 amide bonds. The average molecular weight is 246 g/mol. The Morgan fingerprint density at radius 3 is 2.33 bits per heavy atom. The van der Waals surface area contributed by atoms with Gasteiger partial charge in [0, 0.05) is 42.6 Å². The van der Waals surface area contributed by atoms with Crippen molar-refractivity contribution in [1.29, 1.82) is 0 Å². The van der Waals surface area contributed by atoms with Crippen LogP contribution in [0.15, 0.2) is 6.20 Å². The second-order valence-electron chi connectivity index (χ2n) is 7.34. The van der Waals surface area contributed by atoms with E-state index < -0.39 is 0 Å². The van der Waals surface area contributed by atoms with Gasteiger partial charge in [0.15, 0.2) is 0 Å². The van der Waals surface area contributed by atoms with Gasteiger partial charge in [-0.15, -0.1) is 5.10 Å². The molecule has 2 aliphatic carbocycles. The highest BCUT2D eigenvalue weighted by atomic mass is 15.5. The van der Waals surface area contributed by atoms with E-state index in [2.05, 4.69) is 46.9 Å². The molecule has 3 atom stereocenters. The predicted octanol–water partition coefficient (Wildman–Crippen LogP) is 1.84. The lowest BCUT2D eigenvalue weighted by molar-refractivity contribution is 0.270. The van der Waals surface area contributed by atoms with Crippen molar-refractivity contribution in [2.45, 2.75) is 51.1 Å². The zero-order valence-electron chi connectivity index (χ0n) is 11.5. The first-order valence-corrected chi connectivity index (χ1v) is 7.20. The van der Waals surface area contributed by atoms with Crippen LogP contribution in [0.25, 0.3) is 0 Å². The van der Waals surface area contributed by atoms with Crippen LogP contribution >= 0.6 is 0 Å². The second kappa shape index (κ2) is 3.35. The molecule has 3 aliphatic rings. The molecule has 1 saturated heterocycles. The average Bonchev–Trinajstić information content (AvgIpc) is 3.15. The summed E-state index contributed by atoms with van der Waals surface area (Å²) < 4.78 is 2.14. The monoisotopic (exact) mass is 246 g/mol. The van der Waals surface area contributed by atoms with E-state index in [1.807, 2.05) is 0 Å². The van der Waals surface area contributed by atoms with Crippen LogP contribution in [-0.4, -0.2) is 39.0 Å². The van der Waals surface area contributed by atoms with Crippen LogP contribution in [0.1, 0.15) is 45.3 Å². The standard InChI is InChI=1S/C14H22N4/c1-14(2,3)12-8-18(16-15-12)13-10-6-17(7-11(10)13)9-4-5-9/h8-11,13H,4-7H2,1-3H3/t10-,11+,13?. The van der Waals surface area contributed by atoms with Gasteiger partial charge in [0.2, 0.25) is 0 Å². The summed E-state index contributed by atoms with van der Waals surface area (Å²) >= 11 is 0. The first kappa shape index (κ1) is 11.0. The van der Waals surface area contributed by atoms with Crippen LogP contribution in [0.2, 0.25) is 0 Å². The first-order valence-electron chi connectivity index (χ1n) is 7.20. The van der Waals surface area contributed by atoms with E-state index in [9.17, 15) is 0 Å². The van der Waals surface area contributed by atoms with E-state index in [0.29, 0.717) is 6.04 Å². The van der Waals surface area contributed by atoms with Gasteiger partial charge in [-0.2, -0.15) is 0 Å². The van der Waals surface area contributed by atoms with E-state index in [-0.39, 0.29) is 5.41 Å². The number of hydrogen-bond donors (Lipinski definition) is 0. The molecule has 18 heavy (non-hydrogen) atoms. The summed E-state index contributed by atoms with van der Waals surface area (Å²) in [7, 11) is 0. The Kier molecular flexibility index (Phi) is 2.04. The zero-order chi connectivity index (χ0) is 12.5. The van der Waals surface area contributed by atoms with Gasteiger partial charge in [-0.25, -0.2) is 4.68 Å². The van der Waals surface area contributed by atoms with Crippen LogP contribution in [-0.2, 0) is 5.41 Å². The number of nitrogens with zero attached hydrogens (tertiary/aromatic N) is 4. The fourth-order valence-corrected chi connectivity index (χ4v) is 3.42. The second-order valence-corrected chi connectivity index (χ2v) is 7.34. The van der Waals surface area contributed by atoms with Crippen LogP contribution < -0.4 is 0 Å². The Morgan fingerprint density at radius 1 is 1.17 bits per heavy atom. The molecule has 0 aromatic carbocycles. The van der Waals surface area contributed by atoms with Crippen molar-refractivity contribution in [2.75, 3.05) is 13.1 Å². The Morgan fingerprint density at radius 2 is 1.83 bits per heavy atom. The summed E-state index contributed by atoms with van der Waals surface area (Å²) in [6.07, 6.45) is 5.04. The van der Waals surface area contributed by atoms with Gasteiger partial charge in [-0.3, -0.25) is 4.90 Å². The molecule has 4 heteroatoms. The minimum atomic E-state index is 0.113. The molecular formula is C14H22N4. The van der Waals surface area contributed by atoms with Gasteiger partial charge >= 0.3 is 0 Å². The molecule has 1 aliphatic heterocycles. The number of hydrogen-bond acceptors (Lipinski definition) is 3. The van der Waals surface area contributed by atoms with Crippen LogP contribution in [0, 0.1) is 11.8 Å². The molecule has 1 aromatic rings. The van der Waals surface area contributed by atoms with Crippen LogP contribution in [0.5, 0.6) is 0 Å². The fourth-order valence-electron chi connectivity index (χ4n) is 3.42. The molecular weight excluding hydrogens is 224 g/mol. The maximum atomic E-state index is 4.36. The molecule has 1 unspecified atom stereocenters. The van der Waals surface area contributed by atoms with Crippen LogP contribution in [0.3, 0.4) is 0 Å². The minimum Gasteiger partial charge on any atom is -0.300 e. The lowest BCUT2D eigenvalue weighted by atomic mass is 9.93. The normalized spacial score (nSPS) is 35.8. The molecule has 0 radical (unpaired) electrons. The Hall–Kier alpha value is -0.900. The van der Waals surface area contributed by atoms with E-state index in [4.69, 9.17) is 0 Å². The van der Waals surface area contributed by atoms with Crippen molar-refractivity contribution >= 4 is 0 Å². The number of fused-ring (bicyclic) bond motifs is 1.